The summed E-state index contributed by atoms with van der Waals surface area (Å²) < 4.78 is 144. The minimum absolute atomic E-state index is 0.790. The Balaban J connectivity index is 6.14. The van der Waals surface area contributed by atoms with Crippen molar-refractivity contribution in [2.45, 2.75) is 24.4 Å². The molecule has 0 aliphatic carbocycles. The molecule has 0 radical (unpaired) electrons. The fourth-order valence-corrected chi connectivity index (χ4v) is 1.23. The first-order valence-electron chi connectivity index (χ1n) is 5.97. The molecule has 1 atom stereocenters. The minimum atomic E-state index is -6.84. The molecular weight excluding hydrogens is 389 g/mol. The van der Waals surface area contributed by atoms with Gasteiger partial charge < -0.3 is 4.74 Å². The molecule has 0 amide bonds. The van der Waals surface area contributed by atoms with Gasteiger partial charge in [0.05, 0.1) is 13.2 Å². The van der Waals surface area contributed by atoms with Gasteiger partial charge in [0, 0.05) is 0 Å². The van der Waals surface area contributed by atoms with E-state index in [1.807, 2.05) is 0 Å². The van der Waals surface area contributed by atoms with Crippen LogP contribution < -0.4 is 0 Å². The summed E-state index contributed by atoms with van der Waals surface area (Å²) in [4.78, 5) is 3.35. The highest BCUT2D eigenvalue weighted by molar-refractivity contribution is 5.30. The average Bonchev–Trinajstić information content (AvgIpc) is 2.54. The largest absolute Gasteiger partial charge is 0.460 e. The van der Waals surface area contributed by atoms with Gasteiger partial charge in [-0.1, -0.05) is 0 Å². The smallest absolute Gasteiger partial charge is 0.335 e. The third-order valence-corrected chi connectivity index (χ3v) is 2.46. The highest BCUT2D eigenvalue weighted by atomic mass is 19.4. The van der Waals surface area contributed by atoms with Crippen LogP contribution in [0.5, 0.6) is 0 Å². The van der Waals surface area contributed by atoms with Gasteiger partial charge in [0.25, 0.3) is 0 Å². The standard InChI is InChI=1S/C11H9F11O3/c12-4-5(13)6(14)7(15)8(16)9(17,24-2-1-3-25-23)10(18,19)11(20,21)22/h23H,1-4H2/b6-5+,8-7+. The molecule has 148 valence electrons. The summed E-state index contributed by atoms with van der Waals surface area (Å²) in [6.07, 6.45) is -7.63. The molecule has 0 aromatic carbocycles. The summed E-state index contributed by atoms with van der Waals surface area (Å²) >= 11 is 0. The lowest BCUT2D eigenvalue weighted by molar-refractivity contribution is -0.376. The van der Waals surface area contributed by atoms with Crippen LogP contribution in [-0.4, -0.2) is 43.1 Å². The number of halogens is 11. The van der Waals surface area contributed by atoms with Gasteiger partial charge in [-0.15, -0.1) is 0 Å². The molecule has 0 saturated carbocycles. The van der Waals surface area contributed by atoms with Gasteiger partial charge in [-0.05, 0) is 6.42 Å². The van der Waals surface area contributed by atoms with Crippen LogP contribution in [0.4, 0.5) is 48.3 Å². The van der Waals surface area contributed by atoms with Gasteiger partial charge in [-0.2, -0.15) is 26.3 Å². The molecule has 0 fully saturated rings. The van der Waals surface area contributed by atoms with Crippen molar-refractivity contribution in [2.75, 3.05) is 19.9 Å². The van der Waals surface area contributed by atoms with Crippen LogP contribution >= 0.6 is 0 Å². The van der Waals surface area contributed by atoms with Crippen molar-refractivity contribution >= 4 is 0 Å². The number of hydrogen-bond donors (Lipinski definition) is 1. The number of rotatable bonds is 9. The Kier molecular flexibility index (Phi) is 8.30. The quantitative estimate of drug-likeness (QED) is 0.195. The third kappa shape index (κ3) is 5.04. The first-order chi connectivity index (χ1) is 11.3. The predicted molar refractivity (Wildman–Crippen MR) is 58.4 cm³/mol. The van der Waals surface area contributed by atoms with Gasteiger partial charge in [0.2, 0.25) is 5.83 Å². The SMILES string of the molecule is OOCCCOC(F)(/C(F)=C(F)/C(F)=C(\F)CF)C(F)(F)C(F)(F)F. The molecular formula is C11H9F11O3. The van der Waals surface area contributed by atoms with Gasteiger partial charge in [-0.3, -0.25) is 5.26 Å². The Morgan fingerprint density at radius 3 is 1.76 bits per heavy atom. The van der Waals surface area contributed by atoms with E-state index in [-0.39, 0.29) is 0 Å². The van der Waals surface area contributed by atoms with Crippen LogP contribution in [-0.2, 0) is 9.62 Å². The Labute approximate surface area is 132 Å². The zero-order valence-corrected chi connectivity index (χ0v) is 11.7. The lowest BCUT2D eigenvalue weighted by atomic mass is 10.1. The minimum Gasteiger partial charge on any atom is -0.335 e. The van der Waals surface area contributed by atoms with Crippen LogP contribution in [0.3, 0.4) is 0 Å². The number of alkyl halides is 7. The molecule has 0 aromatic rings. The van der Waals surface area contributed by atoms with Crippen LogP contribution in [0.25, 0.3) is 0 Å². The molecule has 0 aliphatic rings. The molecule has 1 unspecified atom stereocenters. The van der Waals surface area contributed by atoms with Crippen molar-refractivity contribution in [1.82, 2.24) is 0 Å². The Morgan fingerprint density at radius 2 is 1.36 bits per heavy atom. The van der Waals surface area contributed by atoms with Crippen molar-refractivity contribution < 1.29 is 63.2 Å². The van der Waals surface area contributed by atoms with E-state index < -0.39 is 67.6 Å². The maximum absolute atomic E-state index is 14.0. The van der Waals surface area contributed by atoms with Gasteiger partial charge in [-0.25, -0.2) is 26.8 Å². The predicted octanol–water partition coefficient (Wildman–Crippen LogP) is 5.02. The number of hydrogen-bond acceptors (Lipinski definition) is 3. The van der Waals surface area contributed by atoms with Gasteiger partial charge >= 0.3 is 18.0 Å². The number of ether oxygens (including phenoxy) is 1. The summed E-state index contributed by atoms with van der Waals surface area (Å²) in [5, 5.41) is 7.89. The van der Waals surface area contributed by atoms with Gasteiger partial charge in [0.1, 0.15) is 6.67 Å². The second kappa shape index (κ2) is 8.80. The molecule has 1 N–H and O–H groups in total. The van der Waals surface area contributed by atoms with E-state index >= 15 is 0 Å². The van der Waals surface area contributed by atoms with Gasteiger partial charge in [0.15, 0.2) is 17.5 Å². The fraction of sp³-hybridized carbons (Fsp3) is 0.636. The fourth-order valence-electron chi connectivity index (χ4n) is 1.23. The zero-order chi connectivity index (χ0) is 20.1. The summed E-state index contributed by atoms with van der Waals surface area (Å²) in [5.41, 5.74) is 0. The average molecular weight is 398 g/mol. The first kappa shape index (κ1) is 23.6. The Bertz CT molecular complexity index is 514. The van der Waals surface area contributed by atoms with E-state index in [1.54, 1.807) is 0 Å². The zero-order valence-electron chi connectivity index (χ0n) is 11.7. The maximum atomic E-state index is 14.0. The van der Waals surface area contributed by atoms with Crippen molar-refractivity contribution in [3.63, 3.8) is 0 Å². The van der Waals surface area contributed by atoms with E-state index in [2.05, 4.69) is 9.62 Å². The van der Waals surface area contributed by atoms with E-state index in [9.17, 15) is 48.3 Å². The van der Waals surface area contributed by atoms with Crippen LogP contribution in [0.2, 0.25) is 0 Å². The molecule has 25 heavy (non-hydrogen) atoms. The molecule has 0 rings (SSSR count). The van der Waals surface area contributed by atoms with Crippen LogP contribution in [0.15, 0.2) is 23.3 Å². The first-order valence-corrected chi connectivity index (χ1v) is 5.97. The molecule has 14 heteroatoms. The molecule has 0 aliphatic heterocycles. The molecule has 0 bridgehead atoms. The van der Waals surface area contributed by atoms with E-state index in [0.717, 1.165) is 0 Å². The summed E-state index contributed by atoms with van der Waals surface area (Å²) in [5.74, 6) is -25.9. The van der Waals surface area contributed by atoms with E-state index in [4.69, 9.17) is 5.26 Å². The van der Waals surface area contributed by atoms with Crippen molar-refractivity contribution in [1.29, 1.82) is 0 Å². The highest BCUT2D eigenvalue weighted by Crippen LogP contribution is 2.51. The lowest BCUT2D eigenvalue weighted by Crippen LogP contribution is -2.56. The highest BCUT2D eigenvalue weighted by Gasteiger charge is 2.75. The third-order valence-electron chi connectivity index (χ3n) is 2.46. The van der Waals surface area contributed by atoms with Crippen molar-refractivity contribution in [3.8, 4) is 0 Å². The lowest BCUT2D eigenvalue weighted by Gasteiger charge is -2.33. The van der Waals surface area contributed by atoms with Crippen LogP contribution in [0, 0.1) is 0 Å². The number of allylic oxidation sites excluding steroid dienone is 3. The normalized spacial score (nSPS) is 17.8. The molecule has 0 saturated heterocycles. The Hall–Kier alpha value is -1.41. The topological polar surface area (TPSA) is 38.7 Å². The van der Waals surface area contributed by atoms with Crippen molar-refractivity contribution in [2.24, 2.45) is 0 Å². The maximum Gasteiger partial charge on any atom is 0.460 e. The second-order valence-electron chi connectivity index (χ2n) is 4.18. The van der Waals surface area contributed by atoms with E-state index in [1.165, 1.54) is 0 Å². The summed E-state index contributed by atoms with van der Waals surface area (Å²) in [7, 11) is 0. The van der Waals surface area contributed by atoms with E-state index in [0.29, 0.717) is 0 Å². The molecule has 0 spiro atoms. The van der Waals surface area contributed by atoms with Crippen molar-refractivity contribution in [3.05, 3.63) is 23.3 Å². The monoisotopic (exact) mass is 398 g/mol. The molecule has 0 heterocycles. The molecule has 3 nitrogen and oxygen atoms in total. The molecule has 0 aromatic heterocycles. The second-order valence-corrected chi connectivity index (χ2v) is 4.18. The van der Waals surface area contributed by atoms with Crippen LogP contribution in [0.1, 0.15) is 6.42 Å². The summed E-state index contributed by atoms with van der Waals surface area (Å²) in [6, 6.07) is 0. The summed E-state index contributed by atoms with van der Waals surface area (Å²) in [6.45, 7) is -4.72. The Morgan fingerprint density at radius 1 is 0.840 bits per heavy atom.